The van der Waals surface area contributed by atoms with Crippen LogP contribution < -0.4 is 0 Å². The predicted octanol–water partition coefficient (Wildman–Crippen LogP) is 9.11. The second kappa shape index (κ2) is 36.3. The molecule has 0 spiro atoms. The van der Waals surface area contributed by atoms with Gasteiger partial charge in [-0.05, 0) is 51.4 Å². The van der Waals surface area contributed by atoms with Crippen LogP contribution in [0.3, 0.4) is 0 Å². The topological polar surface area (TPSA) is 152 Å². The van der Waals surface area contributed by atoms with Crippen molar-refractivity contribution in [3.8, 4) is 0 Å². The SMILES string of the molecule is CCCCC/C=C\C/C=C\C/C=C\CCCCCCCCC(=O)OC(COC(=O)CCCCCCCCCCCCC)COC1OC(CO)C(O)C(O)C1O. The third-order valence-corrected chi connectivity index (χ3v) is 10.0. The van der Waals surface area contributed by atoms with Gasteiger partial charge in [-0.2, -0.15) is 0 Å². The van der Waals surface area contributed by atoms with Gasteiger partial charge < -0.3 is 39.4 Å². The fourth-order valence-electron chi connectivity index (χ4n) is 6.49. The van der Waals surface area contributed by atoms with Crippen molar-refractivity contribution in [2.45, 2.75) is 218 Å². The predicted molar refractivity (Wildman–Crippen MR) is 219 cm³/mol. The Hall–Kier alpha value is -2.08. The Morgan fingerprint density at radius 1 is 0.564 bits per heavy atom. The Bertz CT molecular complexity index is 996. The molecule has 0 amide bonds. The lowest BCUT2D eigenvalue weighted by atomic mass is 9.99. The maximum absolute atomic E-state index is 12.8. The van der Waals surface area contributed by atoms with Crippen LogP contribution in [0, 0.1) is 0 Å². The number of rotatable bonds is 36. The van der Waals surface area contributed by atoms with E-state index in [9.17, 15) is 30.0 Å². The average Bonchev–Trinajstić information content (AvgIpc) is 3.18. The third kappa shape index (κ3) is 28.0. The fourth-order valence-corrected chi connectivity index (χ4v) is 6.49. The van der Waals surface area contributed by atoms with Gasteiger partial charge in [-0.3, -0.25) is 9.59 Å². The Morgan fingerprint density at radius 2 is 1.02 bits per heavy atom. The van der Waals surface area contributed by atoms with Crippen LogP contribution in [0.25, 0.3) is 0 Å². The molecule has 1 rings (SSSR count). The van der Waals surface area contributed by atoms with E-state index < -0.39 is 49.4 Å². The lowest BCUT2D eigenvalue weighted by Gasteiger charge is -2.39. The molecular formula is C45H80O10. The van der Waals surface area contributed by atoms with Crippen molar-refractivity contribution in [1.29, 1.82) is 0 Å². The summed E-state index contributed by atoms with van der Waals surface area (Å²) in [5.74, 6) is -0.820. The Morgan fingerprint density at radius 3 is 1.56 bits per heavy atom. The standard InChI is InChI=1S/C45H80O10/c1-3-5-7-9-11-13-15-16-17-18-19-20-21-22-24-26-28-30-32-34-41(48)54-38(37-53-45-44(51)43(50)42(49)39(35-46)55-45)36-52-40(47)33-31-29-27-25-23-14-12-10-8-6-4-2/h11,13,16-17,19-20,38-39,42-46,49-51H,3-10,12,14-15,18,21-37H2,1-2H3/b13-11-,17-16-,20-19-. The summed E-state index contributed by atoms with van der Waals surface area (Å²) in [6.45, 7) is 3.37. The highest BCUT2D eigenvalue weighted by molar-refractivity contribution is 5.70. The van der Waals surface area contributed by atoms with Gasteiger partial charge in [0.15, 0.2) is 12.4 Å². The molecule has 0 aromatic heterocycles. The maximum Gasteiger partial charge on any atom is 0.306 e. The minimum absolute atomic E-state index is 0.216. The largest absolute Gasteiger partial charge is 0.462 e. The first-order valence-electron chi connectivity index (χ1n) is 22.1. The minimum Gasteiger partial charge on any atom is -0.462 e. The van der Waals surface area contributed by atoms with Crippen molar-refractivity contribution >= 4 is 11.9 Å². The number of carbonyl (C=O) groups excluding carboxylic acids is 2. The normalized spacial score (nSPS) is 20.9. The third-order valence-electron chi connectivity index (χ3n) is 10.0. The fraction of sp³-hybridized carbons (Fsp3) is 0.822. The van der Waals surface area contributed by atoms with Crippen LogP contribution in [-0.2, 0) is 28.5 Å². The van der Waals surface area contributed by atoms with E-state index >= 15 is 0 Å². The van der Waals surface area contributed by atoms with Gasteiger partial charge in [0.25, 0.3) is 0 Å². The van der Waals surface area contributed by atoms with Gasteiger partial charge in [-0.15, -0.1) is 0 Å². The molecule has 1 aliphatic rings. The van der Waals surface area contributed by atoms with E-state index in [2.05, 4.69) is 50.3 Å². The highest BCUT2D eigenvalue weighted by Gasteiger charge is 2.44. The summed E-state index contributed by atoms with van der Waals surface area (Å²) in [5, 5.41) is 40.0. The number of hydrogen-bond donors (Lipinski definition) is 4. The number of esters is 2. The van der Waals surface area contributed by atoms with E-state index in [4.69, 9.17) is 18.9 Å². The lowest BCUT2D eigenvalue weighted by molar-refractivity contribution is -0.305. The smallest absolute Gasteiger partial charge is 0.306 e. The van der Waals surface area contributed by atoms with Crippen molar-refractivity contribution in [3.63, 3.8) is 0 Å². The van der Waals surface area contributed by atoms with Gasteiger partial charge >= 0.3 is 11.9 Å². The number of carbonyl (C=O) groups is 2. The van der Waals surface area contributed by atoms with Crippen molar-refractivity contribution in [2.75, 3.05) is 19.8 Å². The highest BCUT2D eigenvalue weighted by Crippen LogP contribution is 2.22. The van der Waals surface area contributed by atoms with E-state index in [1.54, 1.807) is 0 Å². The summed E-state index contributed by atoms with van der Waals surface area (Å²) < 4.78 is 22.1. The summed E-state index contributed by atoms with van der Waals surface area (Å²) in [6.07, 6.45) is 32.9. The van der Waals surface area contributed by atoms with Crippen LogP contribution in [0.5, 0.6) is 0 Å². The molecule has 1 fully saturated rings. The number of allylic oxidation sites excluding steroid dienone is 6. The number of unbranched alkanes of at least 4 members (excludes halogenated alkanes) is 19. The van der Waals surface area contributed by atoms with E-state index in [0.717, 1.165) is 70.6 Å². The van der Waals surface area contributed by atoms with Crippen LogP contribution in [0.2, 0.25) is 0 Å². The molecule has 0 radical (unpaired) electrons. The molecule has 0 aromatic rings. The molecule has 320 valence electrons. The first-order chi connectivity index (χ1) is 26.8. The summed E-state index contributed by atoms with van der Waals surface area (Å²) >= 11 is 0. The molecule has 0 aromatic carbocycles. The van der Waals surface area contributed by atoms with E-state index in [1.807, 2.05) is 0 Å². The number of aliphatic hydroxyl groups excluding tert-OH is 4. The van der Waals surface area contributed by atoms with Crippen molar-refractivity contribution in [1.82, 2.24) is 0 Å². The first-order valence-corrected chi connectivity index (χ1v) is 22.1. The van der Waals surface area contributed by atoms with Gasteiger partial charge in [0.05, 0.1) is 13.2 Å². The molecule has 10 heteroatoms. The van der Waals surface area contributed by atoms with E-state index in [0.29, 0.717) is 6.42 Å². The molecule has 1 aliphatic heterocycles. The maximum atomic E-state index is 12.8. The van der Waals surface area contributed by atoms with Crippen molar-refractivity contribution < 1.29 is 49.0 Å². The molecule has 0 saturated carbocycles. The molecule has 10 nitrogen and oxygen atoms in total. The van der Waals surface area contributed by atoms with Gasteiger partial charge in [0.2, 0.25) is 0 Å². The summed E-state index contributed by atoms with van der Waals surface area (Å²) in [5.41, 5.74) is 0. The van der Waals surface area contributed by atoms with Crippen LogP contribution in [-0.4, -0.2) is 89.0 Å². The van der Waals surface area contributed by atoms with Crippen molar-refractivity contribution in [2.24, 2.45) is 0 Å². The quantitative estimate of drug-likeness (QED) is 0.0275. The van der Waals surface area contributed by atoms with Gasteiger partial charge in [-0.1, -0.05) is 153 Å². The zero-order valence-corrected chi connectivity index (χ0v) is 34.7. The van der Waals surface area contributed by atoms with E-state index in [-0.39, 0.29) is 32.0 Å². The Balaban J connectivity index is 2.34. The van der Waals surface area contributed by atoms with Gasteiger partial charge in [0, 0.05) is 12.8 Å². The lowest BCUT2D eigenvalue weighted by Crippen LogP contribution is -2.59. The summed E-state index contributed by atoms with van der Waals surface area (Å²) in [4.78, 5) is 25.3. The molecule has 55 heavy (non-hydrogen) atoms. The Labute approximate surface area is 334 Å². The number of aliphatic hydroxyl groups is 4. The zero-order valence-electron chi connectivity index (χ0n) is 34.7. The van der Waals surface area contributed by atoms with Crippen LogP contribution in [0.4, 0.5) is 0 Å². The minimum atomic E-state index is -1.60. The van der Waals surface area contributed by atoms with Gasteiger partial charge in [0.1, 0.15) is 31.0 Å². The molecule has 4 N–H and O–H groups in total. The molecular weight excluding hydrogens is 700 g/mol. The second-order valence-corrected chi connectivity index (χ2v) is 15.2. The highest BCUT2D eigenvalue weighted by atomic mass is 16.7. The number of ether oxygens (including phenoxy) is 4. The van der Waals surface area contributed by atoms with Crippen LogP contribution in [0.15, 0.2) is 36.5 Å². The molecule has 0 aliphatic carbocycles. The Kier molecular flexibility index (Phi) is 33.6. The van der Waals surface area contributed by atoms with Gasteiger partial charge in [-0.25, -0.2) is 0 Å². The monoisotopic (exact) mass is 781 g/mol. The summed E-state index contributed by atoms with van der Waals surface area (Å²) in [6, 6.07) is 0. The van der Waals surface area contributed by atoms with Crippen LogP contribution >= 0.6 is 0 Å². The zero-order chi connectivity index (χ0) is 40.2. The number of hydrogen-bond acceptors (Lipinski definition) is 10. The molecule has 6 unspecified atom stereocenters. The first kappa shape index (κ1) is 50.9. The average molecular weight is 781 g/mol. The van der Waals surface area contributed by atoms with E-state index in [1.165, 1.54) is 77.0 Å². The molecule has 0 bridgehead atoms. The molecule has 6 atom stereocenters. The molecule has 1 saturated heterocycles. The summed E-state index contributed by atoms with van der Waals surface area (Å²) in [7, 11) is 0. The molecule has 1 heterocycles. The second-order valence-electron chi connectivity index (χ2n) is 15.2. The van der Waals surface area contributed by atoms with Crippen molar-refractivity contribution in [3.05, 3.63) is 36.5 Å². The van der Waals surface area contributed by atoms with Crippen LogP contribution in [0.1, 0.15) is 181 Å².